The lowest BCUT2D eigenvalue weighted by Gasteiger charge is -2.20. The van der Waals surface area contributed by atoms with E-state index in [1.165, 1.54) is 18.2 Å². The average Bonchev–Trinajstić information content (AvgIpc) is 2.86. The van der Waals surface area contributed by atoms with Gasteiger partial charge in [-0.1, -0.05) is 102 Å². The van der Waals surface area contributed by atoms with Crippen molar-refractivity contribution in [3.05, 3.63) is 117 Å². The topological polar surface area (TPSA) is 67.4 Å². The van der Waals surface area contributed by atoms with Crippen LogP contribution in [0.5, 0.6) is 5.75 Å². The van der Waals surface area contributed by atoms with Crippen LogP contribution in [0.1, 0.15) is 28.9 Å². The second-order valence-electron chi connectivity index (χ2n) is 7.87. The maximum Gasteiger partial charge on any atom is 0.326 e. The Balaban J connectivity index is 1.48. The number of halogens is 3. The van der Waals surface area contributed by atoms with Crippen molar-refractivity contribution in [1.29, 1.82) is 0 Å². The van der Waals surface area contributed by atoms with Crippen molar-refractivity contribution in [3.63, 3.8) is 0 Å². The molecule has 182 valence electrons. The Labute approximate surface area is 224 Å². The zero-order valence-corrected chi connectivity index (χ0v) is 21.4. The summed E-state index contributed by atoms with van der Waals surface area (Å²) < 4.78 is 6.16. The first-order valence-electron chi connectivity index (χ1n) is 11.0. The van der Waals surface area contributed by atoms with Crippen LogP contribution in [-0.4, -0.2) is 11.9 Å². The number of hydrogen-bond donors (Lipinski definition) is 2. The van der Waals surface area contributed by atoms with Crippen molar-refractivity contribution in [1.82, 2.24) is 5.32 Å². The second-order valence-corrected chi connectivity index (χ2v) is 9.09. The second kappa shape index (κ2) is 11.5. The monoisotopic (exact) mass is 538 g/mol. The van der Waals surface area contributed by atoms with Gasteiger partial charge in [0.15, 0.2) is 5.75 Å². The molecular weight excluding hydrogens is 519 g/mol. The average molecular weight is 540 g/mol. The van der Waals surface area contributed by atoms with Crippen LogP contribution in [0.4, 0.5) is 10.5 Å². The molecule has 1 unspecified atom stereocenters. The van der Waals surface area contributed by atoms with E-state index in [0.29, 0.717) is 5.69 Å². The number of ether oxygens (including phenoxy) is 1. The predicted octanol–water partition coefficient (Wildman–Crippen LogP) is 8.42. The highest BCUT2D eigenvalue weighted by Crippen LogP contribution is 2.40. The summed E-state index contributed by atoms with van der Waals surface area (Å²) in [6.45, 7) is 1.91. The Hall–Kier alpha value is -3.51. The number of carbonyl (C=O) groups is 2. The van der Waals surface area contributed by atoms with Crippen LogP contribution in [0.25, 0.3) is 11.1 Å². The fourth-order valence-electron chi connectivity index (χ4n) is 3.70. The maximum absolute atomic E-state index is 12.3. The van der Waals surface area contributed by atoms with Crippen molar-refractivity contribution in [2.24, 2.45) is 0 Å². The van der Waals surface area contributed by atoms with Gasteiger partial charge < -0.3 is 10.1 Å². The first-order valence-corrected chi connectivity index (χ1v) is 12.1. The van der Waals surface area contributed by atoms with Crippen molar-refractivity contribution < 1.29 is 14.3 Å². The van der Waals surface area contributed by atoms with E-state index in [4.69, 9.17) is 39.5 Å². The summed E-state index contributed by atoms with van der Waals surface area (Å²) in [5, 5.41) is 5.42. The van der Waals surface area contributed by atoms with E-state index < -0.39 is 11.9 Å². The van der Waals surface area contributed by atoms with Crippen LogP contribution >= 0.6 is 34.8 Å². The third-order valence-electron chi connectivity index (χ3n) is 5.38. The third kappa shape index (κ3) is 6.00. The molecule has 0 saturated carbocycles. The van der Waals surface area contributed by atoms with Gasteiger partial charge >= 0.3 is 6.03 Å². The van der Waals surface area contributed by atoms with Crippen molar-refractivity contribution in [3.8, 4) is 16.9 Å². The quantitative estimate of drug-likeness (QED) is 0.258. The fourth-order valence-corrected chi connectivity index (χ4v) is 4.49. The summed E-state index contributed by atoms with van der Waals surface area (Å²) >= 11 is 18.9. The number of amides is 3. The summed E-state index contributed by atoms with van der Waals surface area (Å²) in [6, 6.07) is 26.6. The van der Waals surface area contributed by atoms with Gasteiger partial charge in [0.2, 0.25) is 0 Å². The number of urea groups is 1. The van der Waals surface area contributed by atoms with E-state index in [-0.39, 0.29) is 32.5 Å². The lowest BCUT2D eigenvalue weighted by molar-refractivity contribution is 0.0967. The van der Waals surface area contributed by atoms with Crippen LogP contribution in [-0.2, 0) is 0 Å². The number of rotatable bonds is 6. The van der Waals surface area contributed by atoms with Crippen LogP contribution in [0, 0.1) is 0 Å². The van der Waals surface area contributed by atoms with Gasteiger partial charge in [0.05, 0.1) is 20.6 Å². The minimum Gasteiger partial charge on any atom is -0.483 e. The molecule has 4 rings (SSSR count). The van der Waals surface area contributed by atoms with E-state index in [1.807, 2.05) is 61.5 Å². The number of anilines is 1. The van der Waals surface area contributed by atoms with Gasteiger partial charge in [0.1, 0.15) is 6.10 Å². The Bertz CT molecular complexity index is 1390. The van der Waals surface area contributed by atoms with Gasteiger partial charge in [0.25, 0.3) is 5.91 Å². The normalized spacial score (nSPS) is 11.4. The Morgan fingerprint density at radius 2 is 1.39 bits per heavy atom. The van der Waals surface area contributed by atoms with E-state index >= 15 is 0 Å². The molecule has 0 heterocycles. The Morgan fingerprint density at radius 1 is 0.778 bits per heavy atom. The fraction of sp³-hybridized carbons (Fsp3) is 0.0714. The van der Waals surface area contributed by atoms with E-state index in [1.54, 1.807) is 18.2 Å². The number of nitrogens with one attached hydrogen (secondary N) is 2. The highest BCUT2D eigenvalue weighted by Gasteiger charge is 2.19. The lowest BCUT2D eigenvalue weighted by Crippen LogP contribution is -2.34. The molecule has 0 aliphatic carbocycles. The molecule has 0 spiro atoms. The lowest BCUT2D eigenvalue weighted by atomic mass is 9.97. The minimum atomic E-state index is -0.758. The van der Waals surface area contributed by atoms with Crippen molar-refractivity contribution in [2.45, 2.75) is 13.0 Å². The largest absolute Gasteiger partial charge is 0.483 e. The highest BCUT2D eigenvalue weighted by atomic mass is 35.5. The highest BCUT2D eigenvalue weighted by molar-refractivity contribution is 6.37. The number of hydrogen-bond acceptors (Lipinski definition) is 3. The van der Waals surface area contributed by atoms with Gasteiger partial charge in [-0.3, -0.25) is 10.1 Å². The molecule has 1 atom stereocenters. The van der Waals surface area contributed by atoms with E-state index in [9.17, 15) is 9.59 Å². The van der Waals surface area contributed by atoms with Crippen molar-refractivity contribution in [2.75, 3.05) is 5.32 Å². The van der Waals surface area contributed by atoms with Crippen LogP contribution in [0.3, 0.4) is 0 Å². The zero-order chi connectivity index (χ0) is 25.7. The maximum atomic E-state index is 12.3. The van der Waals surface area contributed by atoms with Gasteiger partial charge in [-0.15, -0.1) is 0 Å². The molecule has 4 aromatic carbocycles. The summed E-state index contributed by atoms with van der Waals surface area (Å²) in [5.41, 5.74) is 3.54. The molecule has 36 heavy (non-hydrogen) atoms. The molecule has 0 fully saturated rings. The molecule has 0 aromatic heterocycles. The molecule has 0 bridgehead atoms. The molecule has 0 aliphatic rings. The van der Waals surface area contributed by atoms with Gasteiger partial charge in [-0.2, -0.15) is 0 Å². The summed E-state index contributed by atoms with van der Waals surface area (Å²) in [6.07, 6.45) is -0.369. The SMILES string of the molecule is CC(Oc1c(Cl)cc(NC(=O)NC(=O)c2ccccc2Cl)cc1Cl)c1ccccc1-c1ccccc1. The standard InChI is InChI=1S/C28H21Cl3N2O3/c1-17(20-11-5-6-12-21(20)18-9-3-2-4-10-18)36-26-24(30)15-19(16-25(26)31)32-28(35)33-27(34)22-13-7-8-14-23(22)29/h2-17H,1H3,(H2,32,33,34,35). The van der Waals surface area contributed by atoms with E-state index in [2.05, 4.69) is 10.6 Å². The smallest absolute Gasteiger partial charge is 0.326 e. The zero-order valence-electron chi connectivity index (χ0n) is 19.1. The first kappa shape index (κ1) is 25.6. The van der Waals surface area contributed by atoms with Crippen LogP contribution < -0.4 is 15.4 Å². The summed E-state index contributed by atoms with van der Waals surface area (Å²) in [5.74, 6) is -0.354. The molecule has 8 heteroatoms. The molecular formula is C28H21Cl3N2O3. The van der Waals surface area contributed by atoms with Crippen LogP contribution in [0.15, 0.2) is 91.0 Å². The summed E-state index contributed by atoms with van der Waals surface area (Å²) in [7, 11) is 0. The van der Waals surface area contributed by atoms with Gasteiger partial charge in [-0.05, 0) is 47.9 Å². The number of imide groups is 1. The van der Waals surface area contributed by atoms with Crippen LogP contribution in [0.2, 0.25) is 15.1 Å². The molecule has 0 radical (unpaired) electrons. The molecule has 3 amide bonds. The summed E-state index contributed by atoms with van der Waals surface area (Å²) in [4.78, 5) is 24.7. The minimum absolute atomic E-state index is 0.180. The third-order valence-corrected chi connectivity index (χ3v) is 6.27. The van der Waals surface area contributed by atoms with Gasteiger partial charge in [-0.25, -0.2) is 4.79 Å². The van der Waals surface area contributed by atoms with Gasteiger partial charge in [0, 0.05) is 5.69 Å². The molecule has 5 nitrogen and oxygen atoms in total. The first-order chi connectivity index (χ1) is 17.3. The Morgan fingerprint density at radius 3 is 2.08 bits per heavy atom. The molecule has 4 aromatic rings. The van der Waals surface area contributed by atoms with Crippen molar-refractivity contribution >= 4 is 52.4 Å². The number of carbonyl (C=O) groups excluding carboxylic acids is 2. The Kier molecular flexibility index (Phi) is 8.16. The number of benzene rings is 4. The van der Waals surface area contributed by atoms with E-state index in [0.717, 1.165) is 16.7 Å². The molecule has 0 saturated heterocycles. The predicted molar refractivity (Wildman–Crippen MR) is 145 cm³/mol. The molecule has 2 N–H and O–H groups in total. The molecule has 0 aliphatic heterocycles.